The van der Waals surface area contributed by atoms with Crippen LogP contribution < -0.4 is 0 Å². The Morgan fingerprint density at radius 2 is 2.17 bits per heavy atom. The third-order valence-electron chi connectivity index (χ3n) is 2.02. The van der Waals surface area contributed by atoms with Crippen LogP contribution in [0.15, 0.2) is 4.99 Å². The van der Waals surface area contributed by atoms with Crippen LogP contribution >= 0.6 is 0 Å². The zero-order chi connectivity index (χ0) is 9.19. The normalized spacial score (nSPS) is 23.7. The lowest BCUT2D eigenvalue weighted by Gasteiger charge is -2.24. The summed E-state index contributed by atoms with van der Waals surface area (Å²) in [5, 5.41) is 18.0. The van der Waals surface area contributed by atoms with Crippen LogP contribution in [-0.2, 0) is 4.74 Å². The van der Waals surface area contributed by atoms with Gasteiger partial charge in [-0.25, -0.2) is 0 Å². The first-order chi connectivity index (χ1) is 5.62. The maximum atomic E-state index is 9.01. The number of aliphatic hydroxyl groups is 2. The van der Waals surface area contributed by atoms with Crippen molar-refractivity contribution in [2.75, 3.05) is 19.8 Å². The van der Waals surface area contributed by atoms with Crippen LogP contribution in [0.25, 0.3) is 0 Å². The highest BCUT2D eigenvalue weighted by molar-refractivity contribution is 5.83. The van der Waals surface area contributed by atoms with E-state index in [4.69, 9.17) is 14.9 Å². The van der Waals surface area contributed by atoms with E-state index in [0.29, 0.717) is 12.4 Å². The van der Waals surface area contributed by atoms with Crippen LogP contribution in [0.1, 0.15) is 13.8 Å². The van der Waals surface area contributed by atoms with Gasteiger partial charge in [-0.3, -0.25) is 4.99 Å². The molecule has 0 aromatic heterocycles. The van der Waals surface area contributed by atoms with E-state index in [1.165, 1.54) is 0 Å². The van der Waals surface area contributed by atoms with Crippen molar-refractivity contribution >= 4 is 5.90 Å². The van der Waals surface area contributed by atoms with Gasteiger partial charge >= 0.3 is 0 Å². The molecule has 0 aromatic rings. The Morgan fingerprint density at radius 3 is 2.50 bits per heavy atom. The van der Waals surface area contributed by atoms with Crippen molar-refractivity contribution in [3.63, 3.8) is 0 Å². The molecule has 0 amide bonds. The molecule has 1 heterocycles. The molecule has 2 N–H and O–H groups in total. The van der Waals surface area contributed by atoms with Crippen molar-refractivity contribution in [2.24, 2.45) is 10.4 Å². The van der Waals surface area contributed by atoms with Crippen molar-refractivity contribution in [3.8, 4) is 0 Å². The smallest absolute Gasteiger partial charge is 0.194 e. The predicted octanol–water partition coefficient (Wildman–Crippen LogP) is -0.205. The van der Waals surface area contributed by atoms with Crippen LogP contribution in [0, 0.1) is 5.41 Å². The minimum absolute atomic E-state index is 0.0671. The van der Waals surface area contributed by atoms with Gasteiger partial charge in [-0.05, 0) is 13.8 Å². The molecule has 4 heteroatoms. The van der Waals surface area contributed by atoms with E-state index in [1.54, 1.807) is 6.92 Å². The van der Waals surface area contributed by atoms with E-state index in [0.717, 1.165) is 0 Å². The van der Waals surface area contributed by atoms with Gasteiger partial charge in [0.15, 0.2) is 5.90 Å². The summed E-state index contributed by atoms with van der Waals surface area (Å²) in [6, 6.07) is 0. The molecular formula is C8H15NO3. The fraction of sp³-hybridized carbons (Fsp3) is 0.875. The van der Waals surface area contributed by atoms with Crippen molar-refractivity contribution < 1.29 is 14.9 Å². The summed E-state index contributed by atoms with van der Waals surface area (Å²) in [7, 11) is 0. The van der Waals surface area contributed by atoms with Crippen molar-refractivity contribution in [2.45, 2.75) is 20.0 Å². The number of aliphatic hydroxyl groups excluding tert-OH is 2. The lowest BCUT2D eigenvalue weighted by atomic mass is 9.93. The molecule has 1 rings (SSSR count). The first-order valence-electron chi connectivity index (χ1n) is 4.05. The van der Waals surface area contributed by atoms with Crippen LogP contribution in [0.3, 0.4) is 0 Å². The molecule has 1 aliphatic rings. The molecule has 4 nitrogen and oxygen atoms in total. The molecule has 0 saturated carbocycles. The van der Waals surface area contributed by atoms with Gasteiger partial charge in [0.1, 0.15) is 6.10 Å². The lowest BCUT2D eigenvalue weighted by Crippen LogP contribution is -2.36. The first kappa shape index (κ1) is 9.48. The van der Waals surface area contributed by atoms with Gasteiger partial charge in [0, 0.05) is 0 Å². The van der Waals surface area contributed by atoms with E-state index in [1.807, 2.05) is 6.92 Å². The first-order valence-corrected chi connectivity index (χ1v) is 4.05. The van der Waals surface area contributed by atoms with Crippen LogP contribution in [0.2, 0.25) is 0 Å². The average Bonchev–Trinajstić information content (AvgIpc) is 2.51. The fourth-order valence-electron chi connectivity index (χ4n) is 0.995. The minimum Gasteiger partial charge on any atom is -0.475 e. The summed E-state index contributed by atoms with van der Waals surface area (Å²) in [6.45, 7) is 3.96. The zero-order valence-corrected chi connectivity index (χ0v) is 7.45. The highest BCUT2D eigenvalue weighted by Crippen LogP contribution is 2.22. The van der Waals surface area contributed by atoms with E-state index in [9.17, 15) is 0 Å². The van der Waals surface area contributed by atoms with Crippen molar-refractivity contribution in [3.05, 3.63) is 0 Å². The summed E-state index contributed by atoms with van der Waals surface area (Å²) in [6.07, 6.45) is 0.0671. The summed E-state index contributed by atoms with van der Waals surface area (Å²) in [5.41, 5.74) is -0.717. The van der Waals surface area contributed by atoms with E-state index in [-0.39, 0.29) is 19.3 Å². The highest BCUT2D eigenvalue weighted by Gasteiger charge is 2.34. The van der Waals surface area contributed by atoms with Gasteiger partial charge in [0.25, 0.3) is 0 Å². The van der Waals surface area contributed by atoms with Crippen molar-refractivity contribution in [1.82, 2.24) is 0 Å². The molecule has 1 atom stereocenters. The Kier molecular flexibility index (Phi) is 2.69. The number of aliphatic imine (C=N–C) groups is 1. The molecule has 0 fully saturated rings. The quantitative estimate of drug-likeness (QED) is 0.621. The Balaban J connectivity index is 2.68. The molecule has 0 aliphatic carbocycles. The zero-order valence-electron chi connectivity index (χ0n) is 7.45. The van der Waals surface area contributed by atoms with E-state index in [2.05, 4.69) is 4.99 Å². The molecule has 0 saturated heterocycles. The second kappa shape index (κ2) is 3.41. The Morgan fingerprint density at radius 1 is 1.58 bits per heavy atom. The second-order valence-electron chi connectivity index (χ2n) is 3.45. The number of hydrogen-bond donors (Lipinski definition) is 2. The lowest BCUT2D eigenvalue weighted by molar-refractivity contribution is 0.0942. The van der Waals surface area contributed by atoms with E-state index >= 15 is 0 Å². The summed E-state index contributed by atoms with van der Waals surface area (Å²) in [5.74, 6) is 0.472. The van der Waals surface area contributed by atoms with Gasteiger partial charge in [0.2, 0.25) is 0 Å². The van der Waals surface area contributed by atoms with Gasteiger partial charge in [-0.1, -0.05) is 0 Å². The third-order valence-corrected chi connectivity index (χ3v) is 2.02. The summed E-state index contributed by atoms with van der Waals surface area (Å²) in [4.78, 5) is 4.10. The average molecular weight is 173 g/mol. The minimum atomic E-state index is -0.717. The fourth-order valence-corrected chi connectivity index (χ4v) is 0.995. The largest absolute Gasteiger partial charge is 0.475 e. The highest BCUT2D eigenvalue weighted by atomic mass is 16.5. The maximum Gasteiger partial charge on any atom is 0.194 e. The molecule has 70 valence electrons. The van der Waals surface area contributed by atoms with Gasteiger partial charge in [-0.15, -0.1) is 0 Å². The Labute approximate surface area is 71.9 Å². The third kappa shape index (κ3) is 1.59. The standard InChI is InChI=1S/C8H15NO3/c1-6-3-9-7(12-6)8(2,4-10)5-11/h6,10-11H,3-5H2,1-2H3. The maximum absolute atomic E-state index is 9.01. The predicted molar refractivity (Wildman–Crippen MR) is 45.1 cm³/mol. The summed E-state index contributed by atoms with van der Waals surface area (Å²) >= 11 is 0. The van der Waals surface area contributed by atoms with Gasteiger partial charge < -0.3 is 14.9 Å². The van der Waals surface area contributed by atoms with Crippen LogP contribution in [0.5, 0.6) is 0 Å². The molecule has 0 bridgehead atoms. The van der Waals surface area contributed by atoms with Gasteiger partial charge in [0.05, 0.1) is 25.2 Å². The molecular weight excluding hydrogens is 158 g/mol. The topological polar surface area (TPSA) is 62.1 Å². The second-order valence-corrected chi connectivity index (χ2v) is 3.45. The molecule has 12 heavy (non-hydrogen) atoms. The Bertz CT molecular complexity index is 187. The van der Waals surface area contributed by atoms with Crippen LogP contribution in [-0.4, -0.2) is 42.0 Å². The van der Waals surface area contributed by atoms with E-state index < -0.39 is 5.41 Å². The van der Waals surface area contributed by atoms with Crippen molar-refractivity contribution in [1.29, 1.82) is 0 Å². The Hall–Kier alpha value is -0.610. The molecule has 1 unspecified atom stereocenters. The number of ether oxygens (including phenoxy) is 1. The van der Waals surface area contributed by atoms with Crippen LogP contribution in [0.4, 0.5) is 0 Å². The van der Waals surface area contributed by atoms with Gasteiger partial charge in [-0.2, -0.15) is 0 Å². The number of rotatable bonds is 3. The molecule has 0 spiro atoms. The summed E-state index contributed by atoms with van der Waals surface area (Å²) < 4.78 is 5.34. The molecule has 1 aliphatic heterocycles. The number of hydrogen-bond acceptors (Lipinski definition) is 4. The SMILES string of the molecule is CC1CN=C(C(C)(CO)CO)O1. The molecule has 0 aromatic carbocycles. The monoisotopic (exact) mass is 173 g/mol. The number of nitrogens with zero attached hydrogens (tertiary/aromatic N) is 1. The molecule has 0 radical (unpaired) electrons.